The summed E-state index contributed by atoms with van der Waals surface area (Å²) in [4.78, 5) is 27.7. The molecule has 0 saturated carbocycles. The van der Waals surface area contributed by atoms with Gasteiger partial charge in [0, 0.05) is 6.42 Å². The molecule has 0 radical (unpaired) electrons. The number of amides is 1. The van der Waals surface area contributed by atoms with Crippen LogP contribution in [0, 0.1) is 0 Å². The van der Waals surface area contributed by atoms with Gasteiger partial charge in [-0.05, 0) is 11.1 Å². The Labute approximate surface area is 133 Å². The first kappa shape index (κ1) is 16.5. The highest BCUT2D eigenvalue weighted by Crippen LogP contribution is 2.06. The molecule has 2 N–H and O–H groups in total. The van der Waals surface area contributed by atoms with E-state index < -0.39 is 18.2 Å². The smallest absolute Gasteiger partial charge is 0.431 e. The van der Waals surface area contributed by atoms with E-state index in [-0.39, 0.29) is 13.0 Å². The zero-order chi connectivity index (χ0) is 16.5. The van der Waals surface area contributed by atoms with Crippen LogP contribution in [0.15, 0.2) is 60.7 Å². The normalized spacial score (nSPS) is 11.5. The van der Waals surface area contributed by atoms with Crippen molar-refractivity contribution in [1.82, 2.24) is 5.48 Å². The van der Waals surface area contributed by atoms with Crippen molar-refractivity contribution in [3.63, 3.8) is 0 Å². The zero-order valence-electron chi connectivity index (χ0n) is 12.3. The number of carboxylic acids is 1. The van der Waals surface area contributed by atoms with Gasteiger partial charge in [0.05, 0.1) is 0 Å². The number of carboxylic acid groups (broad SMARTS) is 1. The maximum absolute atomic E-state index is 11.5. The van der Waals surface area contributed by atoms with E-state index >= 15 is 0 Å². The lowest BCUT2D eigenvalue weighted by Crippen LogP contribution is -2.36. The van der Waals surface area contributed by atoms with E-state index in [2.05, 4.69) is 0 Å². The Bertz CT molecular complexity index is 630. The summed E-state index contributed by atoms with van der Waals surface area (Å²) in [6.07, 6.45) is -1.90. The number of aliphatic carboxylic acids is 1. The van der Waals surface area contributed by atoms with Crippen LogP contribution in [-0.4, -0.2) is 23.3 Å². The lowest BCUT2D eigenvalue weighted by Gasteiger charge is -2.14. The minimum absolute atomic E-state index is 0.0758. The number of carbonyl (C=O) groups excluding carboxylic acids is 1. The predicted octanol–water partition coefficient (Wildman–Crippen LogP) is 2.54. The van der Waals surface area contributed by atoms with E-state index in [0.717, 1.165) is 11.1 Å². The van der Waals surface area contributed by atoms with Crippen LogP contribution >= 0.6 is 0 Å². The lowest BCUT2D eigenvalue weighted by molar-refractivity contribution is -0.154. The van der Waals surface area contributed by atoms with Gasteiger partial charge in [0.25, 0.3) is 0 Å². The van der Waals surface area contributed by atoms with Crippen LogP contribution in [0.3, 0.4) is 0 Å². The first-order valence-electron chi connectivity index (χ1n) is 7.04. The third-order valence-electron chi connectivity index (χ3n) is 3.04. The molecule has 0 spiro atoms. The summed E-state index contributed by atoms with van der Waals surface area (Å²) in [5, 5.41) is 9.14. The number of hydrogen-bond acceptors (Lipinski definition) is 4. The van der Waals surface area contributed by atoms with Crippen LogP contribution in [0.4, 0.5) is 4.79 Å². The Hall–Kier alpha value is -2.86. The maximum Gasteiger partial charge on any atom is 0.431 e. The van der Waals surface area contributed by atoms with Crippen molar-refractivity contribution in [2.45, 2.75) is 19.1 Å². The van der Waals surface area contributed by atoms with Crippen LogP contribution in [0.25, 0.3) is 0 Å². The average molecular weight is 315 g/mol. The number of nitrogens with one attached hydrogen (secondary N) is 1. The van der Waals surface area contributed by atoms with E-state index in [4.69, 9.17) is 14.7 Å². The van der Waals surface area contributed by atoms with Gasteiger partial charge in [0.2, 0.25) is 0 Å². The first-order valence-corrected chi connectivity index (χ1v) is 7.04. The molecule has 23 heavy (non-hydrogen) atoms. The number of benzene rings is 2. The standard InChI is InChI=1S/C17H17NO5/c19-16(20)15(11-13-7-3-1-4-8-13)23-18-17(21)22-12-14-9-5-2-6-10-14/h1-10,15H,11-12H2,(H,18,21)(H,19,20)/t15-/m1/s1. The molecule has 0 aliphatic rings. The Morgan fingerprint density at radius 2 is 1.52 bits per heavy atom. The van der Waals surface area contributed by atoms with Crippen LogP contribution in [-0.2, 0) is 27.4 Å². The summed E-state index contributed by atoms with van der Waals surface area (Å²) >= 11 is 0. The Balaban J connectivity index is 1.79. The van der Waals surface area contributed by atoms with Gasteiger partial charge in [0.15, 0.2) is 6.10 Å². The molecule has 120 valence electrons. The monoisotopic (exact) mass is 315 g/mol. The molecule has 2 aromatic carbocycles. The van der Waals surface area contributed by atoms with Crippen molar-refractivity contribution in [1.29, 1.82) is 0 Å². The lowest BCUT2D eigenvalue weighted by atomic mass is 10.1. The Kier molecular flexibility index (Phi) is 6.14. The third kappa shape index (κ3) is 5.80. The average Bonchev–Trinajstić information content (AvgIpc) is 2.58. The molecule has 0 saturated heterocycles. The predicted molar refractivity (Wildman–Crippen MR) is 82.4 cm³/mol. The summed E-state index contributed by atoms with van der Waals surface area (Å²) in [5.41, 5.74) is 3.62. The first-order chi connectivity index (χ1) is 11.1. The second kappa shape index (κ2) is 8.55. The quantitative estimate of drug-likeness (QED) is 0.767. The summed E-state index contributed by atoms with van der Waals surface area (Å²) in [6, 6.07) is 18.1. The van der Waals surface area contributed by atoms with E-state index in [1.165, 1.54) is 0 Å². The fourth-order valence-corrected chi connectivity index (χ4v) is 1.88. The zero-order valence-corrected chi connectivity index (χ0v) is 12.3. The highest BCUT2D eigenvalue weighted by molar-refractivity contribution is 5.73. The summed E-state index contributed by atoms with van der Waals surface area (Å²) in [5.74, 6) is -1.17. The molecule has 0 bridgehead atoms. The van der Waals surface area contributed by atoms with Crippen molar-refractivity contribution in [3.05, 3.63) is 71.8 Å². The second-order valence-electron chi connectivity index (χ2n) is 4.80. The fraction of sp³-hybridized carbons (Fsp3) is 0.176. The molecular formula is C17H17NO5. The molecule has 0 fully saturated rings. The highest BCUT2D eigenvalue weighted by Gasteiger charge is 2.20. The van der Waals surface area contributed by atoms with E-state index in [1.807, 2.05) is 41.9 Å². The van der Waals surface area contributed by atoms with Gasteiger partial charge in [-0.25, -0.2) is 9.59 Å². The maximum atomic E-state index is 11.5. The van der Waals surface area contributed by atoms with Gasteiger partial charge in [-0.15, -0.1) is 0 Å². The number of hydrogen-bond donors (Lipinski definition) is 2. The van der Waals surface area contributed by atoms with Gasteiger partial charge in [-0.3, -0.25) is 4.84 Å². The molecule has 0 unspecified atom stereocenters. The van der Waals surface area contributed by atoms with Gasteiger partial charge in [-0.2, -0.15) is 5.48 Å². The van der Waals surface area contributed by atoms with E-state index in [0.29, 0.717) is 0 Å². The molecule has 1 amide bonds. The molecule has 6 heteroatoms. The van der Waals surface area contributed by atoms with Crippen molar-refractivity contribution >= 4 is 12.1 Å². The van der Waals surface area contributed by atoms with Gasteiger partial charge < -0.3 is 9.84 Å². The van der Waals surface area contributed by atoms with Gasteiger partial charge in [0.1, 0.15) is 6.61 Å². The Morgan fingerprint density at radius 1 is 0.957 bits per heavy atom. The highest BCUT2D eigenvalue weighted by atomic mass is 16.7. The van der Waals surface area contributed by atoms with Gasteiger partial charge in [-0.1, -0.05) is 60.7 Å². The van der Waals surface area contributed by atoms with E-state index in [9.17, 15) is 9.59 Å². The fourth-order valence-electron chi connectivity index (χ4n) is 1.88. The largest absolute Gasteiger partial charge is 0.479 e. The number of carbonyl (C=O) groups is 2. The van der Waals surface area contributed by atoms with Crippen LogP contribution in [0.2, 0.25) is 0 Å². The molecular weight excluding hydrogens is 298 g/mol. The van der Waals surface area contributed by atoms with Crippen molar-refractivity contribution < 1.29 is 24.3 Å². The summed E-state index contributed by atoms with van der Waals surface area (Å²) in [7, 11) is 0. The van der Waals surface area contributed by atoms with Crippen molar-refractivity contribution in [2.75, 3.05) is 0 Å². The molecule has 0 heterocycles. The second-order valence-corrected chi connectivity index (χ2v) is 4.80. The van der Waals surface area contributed by atoms with Gasteiger partial charge >= 0.3 is 12.1 Å². The molecule has 6 nitrogen and oxygen atoms in total. The molecule has 0 aliphatic heterocycles. The molecule has 2 aromatic rings. The molecule has 2 rings (SSSR count). The number of hydroxylamine groups is 1. The number of rotatable bonds is 7. The Morgan fingerprint density at radius 3 is 2.09 bits per heavy atom. The summed E-state index contributed by atoms with van der Waals surface area (Å²) in [6.45, 7) is 0.0758. The van der Waals surface area contributed by atoms with Crippen LogP contribution < -0.4 is 5.48 Å². The van der Waals surface area contributed by atoms with Crippen LogP contribution in [0.1, 0.15) is 11.1 Å². The summed E-state index contributed by atoms with van der Waals surface area (Å²) < 4.78 is 4.94. The van der Waals surface area contributed by atoms with E-state index in [1.54, 1.807) is 24.3 Å². The van der Waals surface area contributed by atoms with Crippen LogP contribution in [0.5, 0.6) is 0 Å². The molecule has 0 aliphatic carbocycles. The SMILES string of the molecule is O=C(NO[C@H](Cc1ccccc1)C(=O)O)OCc1ccccc1. The topological polar surface area (TPSA) is 84.9 Å². The number of ether oxygens (including phenoxy) is 1. The molecule has 0 aromatic heterocycles. The minimum atomic E-state index is -1.19. The third-order valence-corrected chi connectivity index (χ3v) is 3.04. The van der Waals surface area contributed by atoms with Crippen molar-refractivity contribution in [3.8, 4) is 0 Å². The molecule has 1 atom stereocenters. The van der Waals surface area contributed by atoms with Crippen molar-refractivity contribution in [2.24, 2.45) is 0 Å². The minimum Gasteiger partial charge on any atom is -0.479 e.